The third-order valence-corrected chi connectivity index (χ3v) is 4.27. The first-order chi connectivity index (χ1) is 11.2. The fraction of sp³-hybridized carbons (Fsp3) is 0.733. The number of nitrogens with one attached hydrogen (secondary N) is 2. The number of carbonyl (C=O) groups is 1. The molecule has 1 aliphatic rings. The van der Waals surface area contributed by atoms with Crippen molar-refractivity contribution >= 4 is 6.03 Å². The van der Waals surface area contributed by atoms with Crippen molar-refractivity contribution in [2.75, 3.05) is 6.54 Å². The standard InChI is InChI=1S/C15H23F3N4O2/c1-22-9-11(8-20-22)12(15(16,17)18)21-13(23)19-10-14(24)6-4-2-3-5-7-14/h8-9,12,24H,2-7,10H2,1H3,(H2,19,21,23)/t12-/m1/s1. The molecule has 136 valence electrons. The summed E-state index contributed by atoms with van der Waals surface area (Å²) in [7, 11) is 1.50. The van der Waals surface area contributed by atoms with Gasteiger partial charge in [-0.3, -0.25) is 4.68 Å². The van der Waals surface area contributed by atoms with E-state index >= 15 is 0 Å². The Balaban J connectivity index is 1.95. The molecular formula is C15H23F3N4O2. The number of carbonyl (C=O) groups excluding carboxylic acids is 1. The first-order valence-electron chi connectivity index (χ1n) is 8.02. The number of hydrogen-bond donors (Lipinski definition) is 3. The van der Waals surface area contributed by atoms with Gasteiger partial charge >= 0.3 is 12.2 Å². The van der Waals surface area contributed by atoms with Crippen LogP contribution < -0.4 is 10.6 Å². The number of hydrogen-bond acceptors (Lipinski definition) is 3. The van der Waals surface area contributed by atoms with Gasteiger partial charge in [0.25, 0.3) is 0 Å². The minimum absolute atomic E-state index is 0.0591. The SMILES string of the molecule is Cn1cc([C@@H](NC(=O)NCC2(O)CCCCCC2)C(F)(F)F)cn1. The molecule has 0 spiro atoms. The topological polar surface area (TPSA) is 79.2 Å². The normalized spacial score (nSPS) is 19.4. The number of urea groups is 1. The van der Waals surface area contributed by atoms with Gasteiger partial charge in [-0.2, -0.15) is 18.3 Å². The molecule has 0 aliphatic heterocycles. The molecule has 2 rings (SSSR count). The fourth-order valence-electron chi connectivity index (χ4n) is 2.93. The lowest BCUT2D eigenvalue weighted by molar-refractivity contribution is -0.155. The molecule has 1 heterocycles. The van der Waals surface area contributed by atoms with Crippen molar-refractivity contribution in [2.24, 2.45) is 7.05 Å². The Labute approximate surface area is 138 Å². The first-order valence-corrected chi connectivity index (χ1v) is 8.02. The summed E-state index contributed by atoms with van der Waals surface area (Å²) < 4.78 is 40.7. The first kappa shape index (κ1) is 18.6. The molecule has 9 heteroatoms. The molecule has 24 heavy (non-hydrogen) atoms. The molecule has 1 aromatic rings. The monoisotopic (exact) mass is 348 g/mol. The van der Waals surface area contributed by atoms with Crippen molar-refractivity contribution in [3.63, 3.8) is 0 Å². The van der Waals surface area contributed by atoms with Gasteiger partial charge in [-0.05, 0) is 12.8 Å². The van der Waals surface area contributed by atoms with Gasteiger partial charge in [0.15, 0.2) is 6.04 Å². The number of rotatable bonds is 4. The van der Waals surface area contributed by atoms with Crippen LogP contribution in [0.15, 0.2) is 12.4 Å². The van der Waals surface area contributed by atoms with E-state index in [-0.39, 0.29) is 12.1 Å². The molecule has 0 bridgehead atoms. The highest BCUT2D eigenvalue weighted by Gasteiger charge is 2.43. The van der Waals surface area contributed by atoms with Gasteiger partial charge in [0, 0.05) is 25.4 Å². The van der Waals surface area contributed by atoms with Crippen molar-refractivity contribution in [1.82, 2.24) is 20.4 Å². The molecule has 2 amide bonds. The number of amides is 2. The van der Waals surface area contributed by atoms with E-state index in [2.05, 4.69) is 10.4 Å². The largest absolute Gasteiger partial charge is 0.413 e. The molecule has 1 aliphatic carbocycles. The Bertz CT molecular complexity index is 551. The van der Waals surface area contributed by atoms with Crippen LogP contribution in [-0.4, -0.2) is 39.2 Å². The summed E-state index contributed by atoms with van der Waals surface area (Å²) in [6.45, 7) is -0.0591. The van der Waals surface area contributed by atoms with E-state index in [4.69, 9.17) is 0 Å². The van der Waals surface area contributed by atoms with Crippen LogP contribution in [0.25, 0.3) is 0 Å². The van der Waals surface area contributed by atoms with Gasteiger partial charge in [0.05, 0.1) is 11.8 Å². The number of halogens is 3. The minimum Gasteiger partial charge on any atom is -0.388 e. The Morgan fingerprint density at radius 3 is 2.50 bits per heavy atom. The molecule has 1 aromatic heterocycles. The summed E-state index contributed by atoms with van der Waals surface area (Å²) in [5.74, 6) is 0. The smallest absolute Gasteiger partial charge is 0.388 e. The maximum Gasteiger partial charge on any atom is 0.413 e. The lowest BCUT2D eigenvalue weighted by atomic mass is 9.94. The van der Waals surface area contributed by atoms with Gasteiger partial charge < -0.3 is 15.7 Å². The van der Waals surface area contributed by atoms with Crippen LogP contribution in [0.4, 0.5) is 18.0 Å². The van der Waals surface area contributed by atoms with Crippen molar-refractivity contribution in [1.29, 1.82) is 0 Å². The van der Waals surface area contributed by atoms with E-state index in [1.165, 1.54) is 17.9 Å². The van der Waals surface area contributed by atoms with Crippen molar-refractivity contribution in [3.8, 4) is 0 Å². The number of aliphatic hydroxyl groups is 1. The molecule has 0 unspecified atom stereocenters. The van der Waals surface area contributed by atoms with Gasteiger partial charge in [-0.15, -0.1) is 0 Å². The third-order valence-electron chi connectivity index (χ3n) is 4.27. The quantitative estimate of drug-likeness (QED) is 0.731. The van der Waals surface area contributed by atoms with Gasteiger partial charge in [0.2, 0.25) is 0 Å². The second-order valence-electron chi connectivity index (χ2n) is 6.39. The molecule has 6 nitrogen and oxygen atoms in total. The number of alkyl halides is 3. The molecule has 0 aromatic carbocycles. The van der Waals surface area contributed by atoms with Crippen molar-refractivity contribution in [3.05, 3.63) is 18.0 Å². The van der Waals surface area contributed by atoms with Crippen LogP contribution in [0.1, 0.15) is 50.1 Å². The number of aryl methyl sites for hydroxylation is 1. The van der Waals surface area contributed by atoms with Crippen LogP contribution in [-0.2, 0) is 7.05 Å². The Hall–Kier alpha value is -1.77. The number of nitrogens with zero attached hydrogens (tertiary/aromatic N) is 2. The Morgan fingerprint density at radius 1 is 1.38 bits per heavy atom. The lowest BCUT2D eigenvalue weighted by Gasteiger charge is -2.27. The van der Waals surface area contributed by atoms with Crippen molar-refractivity contribution < 1.29 is 23.1 Å². The highest BCUT2D eigenvalue weighted by molar-refractivity contribution is 5.74. The summed E-state index contributed by atoms with van der Waals surface area (Å²) in [6, 6.07) is -3.10. The zero-order valence-corrected chi connectivity index (χ0v) is 13.6. The van der Waals surface area contributed by atoms with E-state index in [1.54, 1.807) is 0 Å². The highest BCUT2D eigenvalue weighted by Crippen LogP contribution is 2.32. The van der Waals surface area contributed by atoms with Crippen LogP contribution in [0.3, 0.4) is 0 Å². The summed E-state index contributed by atoms with van der Waals surface area (Å²) in [4.78, 5) is 11.9. The van der Waals surface area contributed by atoms with E-state index in [0.717, 1.165) is 31.9 Å². The summed E-state index contributed by atoms with van der Waals surface area (Å²) in [5, 5.41) is 18.4. The molecule has 0 saturated heterocycles. The maximum absolute atomic E-state index is 13.2. The zero-order valence-electron chi connectivity index (χ0n) is 13.6. The summed E-state index contributed by atoms with van der Waals surface area (Å²) in [5.41, 5.74) is -1.19. The lowest BCUT2D eigenvalue weighted by Crippen LogP contribution is -2.49. The average Bonchev–Trinajstić information content (AvgIpc) is 2.79. The van der Waals surface area contributed by atoms with Crippen LogP contribution in [0, 0.1) is 0 Å². The molecular weight excluding hydrogens is 325 g/mol. The average molecular weight is 348 g/mol. The third kappa shape index (κ3) is 5.12. The molecule has 1 atom stereocenters. The molecule has 1 fully saturated rings. The van der Waals surface area contributed by atoms with E-state index < -0.39 is 23.9 Å². The number of aromatic nitrogens is 2. The molecule has 1 saturated carbocycles. The predicted molar refractivity (Wildman–Crippen MR) is 81.2 cm³/mol. The summed E-state index contributed by atoms with van der Waals surface area (Å²) in [6.07, 6.45) is 2.45. The van der Waals surface area contributed by atoms with E-state index in [1.807, 2.05) is 5.32 Å². The van der Waals surface area contributed by atoms with Crippen LogP contribution >= 0.6 is 0 Å². The van der Waals surface area contributed by atoms with Crippen LogP contribution in [0.5, 0.6) is 0 Å². The predicted octanol–water partition coefficient (Wildman–Crippen LogP) is 2.41. The Kier molecular flexibility index (Phi) is 5.74. The fourth-order valence-corrected chi connectivity index (χ4v) is 2.93. The molecule has 0 radical (unpaired) electrons. The zero-order chi connectivity index (χ0) is 17.8. The second kappa shape index (κ2) is 7.42. The van der Waals surface area contributed by atoms with E-state index in [0.29, 0.717) is 12.8 Å². The minimum atomic E-state index is -4.64. The molecule has 3 N–H and O–H groups in total. The van der Waals surface area contributed by atoms with Gasteiger partial charge in [-0.1, -0.05) is 25.7 Å². The van der Waals surface area contributed by atoms with Crippen LogP contribution in [0.2, 0.25) is 0 Å². The maximum atomic E-state index is 13.2. The van der Waals surface area contributed by atoms with Gasteiger partial charge in [0.1, 0.15) is 0 Å². The highest BCUT2D eigenvalue weighted by atomic mass is 19.4. The second-order valence-corrected chi connectivity index (χ2v) is 6.39. The van der Waals surface area contributed by atoms with E-state index in [9.17, 15) is 23.1 Å². The van der Waals surface area contributed by atoms with Gasteiger partial charge in [-0.25, -0.2) is 4.79 Å². The Morgan fingerprint density at radius 2 is 2.00 bits per heavy atom. The van der Waals surface area contributed by atoms with Crippen molar-refractivity contribution in [2.45, 2.75) is 56.3 Å². The summed E-state index contributed by atoms with van der Waals surface area (Å²) >= 11 is 0.